The number of guanidine groups is 1. The molecule has 3 amide bonds. The first-order valence-corrected chi connectivity index (χ1v) is 10.1. The number of fused-ring (bicyclic) bond motifs is 1. The fraction of sp³-hybridized carbons (Fsp3) is 0.550. The van der Waals surface area contributed by atoms with Gasteiger partial charge in [0, 0.05) is 32.2 Å². The van der Waals surface area contributed by atoms with Crippen LogP contribution in [0.15, 0.2) is 29.3 Å². The third-order valence-electron chi connectivity index (χ3n) is 5.91. The Morgan fingerprint density at radius 1 is 1.14 bits per heavy atom. The Morgan fingerprint density at radius 3 is 2.54 bits per heavy atom. The molecule has 7 nitrogen and oxygen atoms in total. The number of rotatable bonds is 2. The third kappa shape index (κ3) is 3.21. The van der Waals surface area contributed by atoms with Crippen molar-refractivity contribution in [3.63, 3.8) is 0 Å². The highest BCUT2D eigenvalue weighted by molar-refractivity contribution is 6.30. The normalized spacial score (nSPS) is 28.0. The molecule has 0 aliphatic carbocycles. The number of aliphatic imine (C=N–C) groups is 1. The minimum atomic E-state index is -0.484. The van der Waals surface area contributed by atoms with Gasteiger partial charge in [0.2, 0.25) is 0 Å². The van der Waals surface area contributed by atoms with Gasteiger partial charge in [-0.2, -0.15) is 0 Å². The zero-order valence-electron chi connectivity index (χ0n) is 16.5. The molecule has 1 aromatic carbocycles. The van der Waals surface area contributed by atoms with Crippen LogP contribution >= 0.6 is 11.6 Å². The molecule has 0 spiro atoms. The summed E-state index contributed by atoms with van der Waals surface area (Å²) in [6.07, 6.45) is 1.86. The molecule has 3 aliphatic rings. The highest BCUT2D eigenvalue weighted by Gasteiger charge is 2.51. The van der Waals surface area contributed by atoms with E-state index in [0.717, 1.165) is 31.0 Å². The first-order chi connectivity index (χ1) is 13.4. The van der Waals surface area contributed by atoms with Crippen LogP contribution in [0.4, 0.5) is 4.79 Å². The molecule has 0 aromatic heterocycles. The van der Waals surface area contributed by atoms with Crippen molar-refractivity contribution in [2.24, 2.45) is 10.9 Å². The van der Waals surface area contributed by atoms with Crippen molar-refractivity contribution in [1.82, 2.24) is 19.6 Å². The molecular formula is C20H26ClN5O2. The van der Waals surface area contributed by atoms with Crippen LogP contribution < -0.4 is 0 Å². The highest BCUT2D eigenvalue weighted by atomic mass is 35.5. The Morgan fingerprint density at radius 2 is 1.86 bits per heavy atom. The van der Waals surface area contributed by atoms with Gasteiger partial charge in [0.05, 0.1) is 6.54 Å². The SMILES string of the molecule is CC1CCCN(C2=NC3C(C(=O)N(Cc4ccc(Cl)cc4)C(=O)N3C)N2C)C1. The van der Waals surface area contributed by atoms with Crippen molar-refractivity contribution in [2.75, 3.05) is 27.2 Å². The molecule has 0 radical (unpaired) electrons. The molecule has 0 saturated carbocycles. The first kappa shape index (κ1) is 19.1. The van der Waals surface area contributed by atoms with Crippen LogP contribution in [0.25, 0.3) is 0 Å². The summed E-state index contributed by atoms with van der Waals surface area (Å²) in [5.41, 5.74) is 0.865. The Kier molecular flexibility index (Phi) is 4.95. The van der Waals surface area contributed by atoms with E-state index in [4.69, 9.17) is 16.6 Å². The summed E-state index contributed by atoms with van der Waals surface area (Å²) in [6.45, 7) is 4.34. The van der Waals surface area contributed by atoms with E-state index in [9.17, 15) is 9.59 Å². The predicted octanol–water partition coefficient (Wildman–Crippen LogP) is 2.46. The minimum Gasteiger partial charge on any atom is -0.342 e. The fourth-order valence-corrected chi connectivity index (χ4v) is 4.47. The standard InChI is InChI=1S/C20H26ClN5O2/c1-13-5-4-10-25(11-13)19-22-17-16(23(19)2)18(27)26(20(28)24(17)3)12-14-6-8-15(21)9-7-14/h6-9,13,16-17H,4-5,10-12H2,1-3H3. The fourth-order valence-electron chi connectivity index (χ4n) is 4.35. The number of likely N-dealkylation sites (N-methyl/N-ethyl adjacent to an activating group) is 2. The molecule has 8 heteroatoms. The number of hydrogen-bond donors (Lipinski definition) is 0. The molecular weight excluding hydrogens is 378 g/mol. The quantitative estimate of drug-likeness (QED) is 0.761. The number of carbonyl (C=O) groups is 2. The van der Waals surface area contributed by atoms with E-state index in [0.29, 0.717) is 10.9 Å². The van der Waals surface area contributed by atoms with E-state index in [1.54, 1.807) is 24.1 Å². The van der Waals surface area contributed by atoms with Gasteiger partial charge in [-0.05, 0) is 36.5 Å². The molecule has 2 saturated heterocycles. The van der Waals surface area contributed by atoms with Gasteiger partial charge in [0.1, 0.15) is 0 Å². The smallest absolute Gasteiger partial charge is 0.328 e. The van der Waals surface area contributed by atoms with E-state index < -0.39 is 12.2 Å². The lowest BCUT2D eigenvalue weighted by Crippen LogP contribution is -2.64. The van der Waals surface area contributed by atoms with Crippen molar-refractivity contribution in [3.8, 4) is 0 Å². The number of hydrogen-bond acceptors (Lipinski definition) is 5. The number of urea groups is 1. The molecule has 3 unspecified atom stereocenters. The van der Waals surface area contributed by atoms with Gasteiger partial charge in [0.15, 0.2) is 18.2 Å². The maximum Gasteiger partial charge on any atom is 0.328 e. The summed E-state index contributed by atoms with van der Waals surface area (Å²) >= 11 is 5.94. The van der Waals surface area contributed by atoms with Crippen LogP contribution in [0.2, 0.25) is 5.02 Å². The van der Waals surface area contributed by atoms with Gasteiger partial charge in [-0.15, -0.1) is 0 Å². The van der Waals surface area contributed by atoms with Crippen molar-refractivity contribution < 1.29 is 9.59 Å². The van der Waals surface area contributed by atoms with Crippen molar-refractivity contribution in [3.05, 3.63) is 34.9 Å². The maximum absolute atomic E-state index is 13.3. The Labute approximate surface area is 170 Å². The largest absolute Gasteiger partial charge is 0.342 e. The van der Waals surface area contributed by atoms with E-state index in [-0.39, 0.29) is 18.5 Å². The number of benzene rings is 1. The number of imide groups is 1. The first-order valence-electron chi connectivity index (χ1n) is 9.75. The van der Waals surface area contributed by atoms with E-state index >= 15 is 0 Å². The second kappa shape index (κ2) is 7.28. The average Bonchev–Trinajstić information content (AvgIpc) is 3.02. The summed E-state index contributed by atoms with van der Waals surface area (Å²) in [5.74, 6) is 1.22. The molecule has 3 atom stereocenters. The zero-order chi connectivity index (χ0) is 20.0. The number of likely N-dealkylation sites (tertiary alicyclic amines) is 1. The van der Waals surface area contributed by atoms with E-state index in [1.807, 2.05) is 24.1 Å². The minimum absolute atomic E-state index is 0.200. The average molecular weight is 404 g/mol. The predicted molar refractivity (Wildman–Crippen MR) is 108 cm³/mol. The molecule has 3 aliphatic heterocycles. The van der Waals surface area contributed by atoms with Gasteiger partial charge in [-0.25, -0.2) is 9.79 Å². The second-order valence-corrected chi connectivity index (χ2v) is 8.47. The van der Waals surface area contributed by atoms with Crippen LogP contribution in [-0.2, 0) is 11.3 Å². The lowest BCUT2D eigenvalue weighted by atomic mass is 10.0. The number of piperidine rings is 1. The van der Waals surface area contributed by atoms with Gasteiger partial charge in [-0.1, -0.05) is 30.7 Å². The van der Waals surface area contributed by atoms with Crippen LogP contribution in [0.1, 0.15) is 25.3 Å². The highest BCUT2D eigenvalue weighted by Crippen LogP contribution is 2.30. The lowest BCUT2D eigenvalue weighted by molar-refractivity contribution is -0.137. The second-order valence-electron chi connectivity index (χ2n) is 8.04. The third-order valence-corrected chi connectivity index (χ3v) is 6.16. The summed E-state index contributed by atoms with van der Waals surface area (Å²) in [5, 5.41) is 0.626. The molecule has 0 N–H and O–H groups in total. The van der Waals surface area contributed by atoms with Crippen molar-refractivity contribution in [1.29, 1.82) is 0 Å². The molecule has 0 bridgehead atoms. The van der Waals surface area contributed by atoms with Crippen LogP contribution in [0.3, 0.4) is 0 Å². The lowest BCUT2D eigenvalue weighted by Gasteiger charge is -2.41. The zero-order valence-corrected chi connectivity index (χ0v) is 17.3. The molecule has 1 aromatic rings. The summed E-state index contributed by atoms with van der Waals surface area (Å²) in [7, 11) is 3.63. The number of halogens is 1. The van der Waals surface area contributed by atoms with Crippen molar-refractivity contribution in [2.45, 2.75) is 38.5 Å². The number of amides is 3. The number of carbonyl (C=O) groups excluding carboxylic acids is 2. The Balaban J connectivity index is 1.57. The summed E-state index contributed by atoms with van der Waals surface area (Å²) < 4.78 is 0. The Hall–Kier alpha value is -2.28. The molecule has 150 valence electrons. The van der Waals surface area contributed by atoms with Gasteiger partial charge >= 0.3 is 6.03 Å². The van der Waals surface area contributed by atoms with E-state index in [2.05, 4.69) is 11.8 Å². The monoisotopic (exact) mass is 403 g/mol. The Bertz CT molecular complexity index is 811. The van der Waals surface area contributed by atoms with Crippen LogP contribution in [0, 0.1) is 5.92 Å². The van der Waals surface area contributed by atoms with Crippen molar-refractivity contribution >= 4 is 29.5 Å². The molecule has 3 heterocycles. The van der Waals surface area contributed by atoms with Gasteiger partial charge in [-0.3, -0.25) is 9.69 Å². The summed E-state index contributed by atoms with van der Waals surface area (Å²) in [6, 6.07) is 6.41. The topological polar surface area (TPSA) is 59.5 Å². The van der Waals surface area contributed by atoms with Gasteiger partial charge in [0.25, 0.3) is 5.91 Å². The van der Waals surface area contributed by atoms with Crippen LogP contribution in [0.5, 0.6) is 0 Å². The van der Waals surface area contributed by atoms with E-state index in [1.165, 1.54) is 11.3 Å². The number of nitrogens with zero attached hydrogens (tertiary/aromatic N) is 5. The van der Waals surface area contributed by atoms with Gasteiger partial charge < -0.3 is 14.7 Å². The maximum atomic E-state index is 13.3. The van der Waals surface area contributed by atoms with Crippen LogP contribution in [-0.4, -0.2) is 76.9 Å². The molecule has 2 fully saturated rings. The molecule has 4 rings (SSSR count). The molecule has 28 heavy (non-hydrogen) atoms. The summed E-state index contributed by atoms with van der Waals surface area (Å²) in [4.78, 5) is 38.0.